The van der Waals surface area contributed by atoms with Gasteiger partial charge in [-0.15, -0.1) is 0 Å². The molecular formula is C11H13FN2O2. The van der Waals surface area contributed by atoms with Crippen LogP contribution >= 0.6 is 0 Å². The highest BCUT2D eigenvalue weighted by atomic mass is 19.1. The van der Waals surface area contributed by atoms with Gasteiger partial charge in [-0.1, -0.05) is 0 Å². The average Bonchev–Trinajstić information content (AvgIpc) is 3.05. The number of aliphatic carboxylic acids is 1. The van der Waals surface area contributed by atoms with Crippen molar-refractivity contribution in [2.24, 2.45) is 0 Å². The number of anilines is 1. The summed E-state index contributed by atoms with van der Waals surface area (Å²) in [7, 11) is 0. The van der Waals surface area contributed by atoms with Crippen molar-refractivity contribution in [1.82, 2.24) is 4.98 Å². The fourth-order valence-electron chi connectivity index (χ4n) is 1.69. The number of pyridine rings is 1. The molecule has 1 unspecified atom stereocenters. The zero-order valence-corrected chi connectivity index (χ0v) is 8.93. The molecule has 1 aliphatic rings. The Hall–Kier alpha value is -1.65. The highest BCUT2D eigenvalue weighted by molar-refractivity contribution is 5.77. The first-order valence-electron chi connectivity index (χ1n) is 5.22. The number of carbonyl (C=O) groups is 1. The smallest absolute Gasteiger partial charge is 0.326 e. The molecule has 0 aliphatic heterocycles. The first-order valence-corrected chi connectivity index (χ1v) is 5.22. The summed E-state index contributed by atoms with van der Waals surface area (Å²) < 4.78 is 12.7. The first-order chi connectivity index (χ1) is 7.59. The van der Waals surface area contributed by atoms with Gasteiger partial charge in [-0.05, 0) is 31.9 Å². The van der Waals surface area contributed by atoms with Crippen molar-refractivity contribution in [3.8, 4) is 0 Å². The summed E-state index contributed by atoms with van der Waals surface area (Å²) in [5.74, 6) is -0.778. The van der Waals surface area contributed by atoms with E-state index in [2.05, 4.69) is 4.98 Å². The number of nitrogens with zero attached hydrogens (tertiary/aromatic N) is 2. The number of hydrogen-bond acceptors (Lipinski definition) is 3. The van der Waals surface area contributed by atoms with Gasteiger partial charge >= 0.3 is 5.97 Å². The molecule has 1 aliphatic carbocycles. The van der Waals surface area contributed by atoms with E-state index < -0.39 is 17.8 Å². The molecule has 0 amide bonds. The second-order valence-electron chi connectivity index (χ2n) is 3.99. The lowest BCUT2D eigenvalue weighted by Gasteiger charge is -2.27. The van der Waals surface area contributed by atoms with E-state index in [-0.39, 0.29) is 6.04 Å². The van der Waals surface area contributed by atoms with E-state index in [1.807, 2.05) is 0 Å². The summed E-state index contributed by atoms with van der Waals surface area (Å²) in [6.45, 7) is 1.62. The SMILES string of the molecule is CC(C(=O)O)N(c1ccc(F)cn1)C1CC1. The lowest BCUT2D eigenvalue weighted by Crippen LogP contribution is -2.41. The van der Waals surface area contributed by atoms with Crippen LogP contribution in [0.25, 0.3) is 0 Å². The molecule has 1 atom stereocenters. The zero-order valence-electron chi connectivity index (χ0n) is 8.93. The molecule has 0 saturated heterocycles. The number of aromatic nitrogens is 1. The Bertz CT molecular complexity index is 389. The van der Waals surface area contributed by atoms with E-state index in [1.165, 1.54) is 12.1 Å². The van der Waals surface area contributed by atoms with Crippen molar-refractivity contribution in [1.29, 1.82) is 0 Å². The molecule has 86 valence electrons. The Morgan fingerprint density at radius 3 is 2.75 bits per heavy atom. The van der Waals surface area contributed by atoms with Gasteiger partial charge in [-0.2, -0.15) is 0 Å². The molecule has 4 nitrogen and oxygen atoms in total. The minimum atomic E-state index is -0.891. The summed E-state index contributed by atoms with van der Waals surface area (Å²) in [5, 5.41) is 9.00. The minimum absolute atomic E-state index is 0.226. The van der Waals surface area contributed by atoms with Crippen LogP contribution in [0.4, 0.5) is 10.2 Å². The molecule has 1 aromatic heterocycles. The topological polar surface area (TPSA) is 53.4 Å². The third-order valence-corrected chi connectivity index (χ3v) is 2.69. The second kappa shape index (κ2) is 4.08. The minimum Gasteiger partial charge on any atom is -0.480 e. The third-order valence-electron chi connectivity index (χ3n) is 2.69. The lowest BCUT2D eigenvalue weighted by atomic mass is 10.2. The zero-order chi connectivity index (χ0) is 11.7. The Balaban J connectivity index is 2.25. The van der Waals surface area contributed by atoms with Crippen molar-refractivity contribution in [2.75, 3.05) is 4.90 Å². The van der Waals surface area contributed by atoms with E-state index >= 15 is 0 Å². The molecule has 1 aromatic rings. The van der Waals surface area contributed by atoms with Crippen LogP contribution in [-0.2, 0) is 4.79 Å². The largest absolute Gasteiger partial charge is 0.480 e. The van der Waals surface area contributed by atoms with Gasteiger partial charge in [-0.25, -0.2) is 14.2 Å². The summed E-state index contributed by atoms with van der Waals surface area (Å²) in [6, 6.07) is 2.41. The average molecular weight is 224 g/mol. The van der Waals surface area contributed by atoms with Gasteiger partial charge in [0.25, 0.3) is 0 Å². The predicted octanol–water partition coefficient (Wildman–Crippen LogP) is 1.66. The van der Waals surface area contributed by atoms with E-state index in [1.54, 1.807) is 11.8 Å². The lowest BCUT2D eigenvalue weighted by molar-refractivity contribution is -0.138. The number of halogens is 1. The van der Waals surface area contributed by atoms with E-state index in [9.17, 15) is 9.18 Å². The van der Waals surface area contributed by atoms with Crippen molar-refractivity contribution in [3.05, 3.63) is 24.1 Å². The van der Waals surface area contributed by atoms with Crippen LogP contribution in [-0.4, -0.2) is 28.1 Å². The number of rotatable bonds is 4. The van der Waals surface area contributed by atoms with Gasteiger partial charge in [0.05, 0.1) is 6.20 Å². The predicted molar refractivity (Wildman–Crippen MR) is 56.8 cm³/mol. The van der Waals surface area contributed by atoms with Crippen LogP contribution in [0.15, 0.2) is 18.3 Å². The first kappa shape index (κ1) is 10.9. The second-order valence-corrected chi connectivity index (χ2v) is 3.99. The van der Waals surface area contributed by atoms with Gasteiger partial charge < -0.3 is 10.0 Å². The molecule has 1 heterocycles. The Labute approximate surface area is 92.7 Å². The molecule has 0 spiro atoms. The van der Waals surface area contributed by atoms with Crippen LogP contribution in [0.5, 0.6) is 0 Å². The van der Waals surface area contributed by atoms with E-state index in [4.69, 9.17) is 5.11 Å². The Morgan fingerprint density at radius 1 is 1.62 bits per heavy atom. The van der Waals surface area contributed by atoms with Crippen molar-refractivity contribution >= 4 is 11.8 Å². The van der Waals surface area contributed by atoms with Gasteiger partial charge in [0, 0.05) is 6.04 Å². The number of hydrogen-bond donors (Lipinski definition) is 1. The van der Waals surface area contributed by atoms with Gasteiger partial charge in [0.1, 0.15) is 17.7 Å². The van der Waals surface area contributed by atoms with Crippen LogP contribution in [0, 0.1) is 5.82 Å². The Kier molecular flexibility index (Phi) is 2.77. The molecule has 16 heavy (non-hydrogen) atoms. The fourth-order valence-corrected chi connectivity index (χ4v) is 1.69. The van der Waals surface area contributed by atoms with Crippen LogP contribution in [0.3, 0.4) is 0 Å². The molecule has 1 N–H and O–H groups in total. The highest BCUT2D eigenvalue weighted by Gasteiger charge is 2.35. The third kappa shape index (κ3) is 2.13. The highest BCUT2D eigenvalue weighted by Crippen LogP contribution is 2.32. The van der Waals surface area contributed by atoms with Gasteiger partial charge in [0.15, 0.2) is 0 Å². The summed E-state index contributed by atoms with van der Waals surface area (Å²) in [4.78, 5) is 16.6. The fraction of sp³-hybridized carbons (Fsp3) is 0.455. The van der Waals surface area contributed by atoms with Crippen molar-refractivity contribution < 1.29 is 14.3 Å². The van der Waals surface area contributed by atoms with E-state index in [0.29, 0.717) is 5.82 Å². The molecule has 1 fully saturated rings. The van der Waals surface area contributed by atoms with Crippen molar-refractivity contribution in [2.45, 2.75) is 31.8 Å². The van der Waals surface area contributed by atoms with Gasteiger partial charge in [0.2, 0.25) is 0 Å². The molecule has 0 bridgehead atoms. The van der Waals surface area contributed by atoms with E-state index in [0.717, 1.165) is 19.0 Å². The normalized spacial score (nSPS) is 16.9. The summed E-state index contributed by atoms with van der Waals surface area (Å²) >= 11 is 0. The van der Waals surface area contributed by atoms with Crippen LogP contribution in [0.1, 0.15) is 19.8 Å². The maximum Gasteiger partial charge on any atom is 0.326 e. The molecule has 0 radical (unpaired) electrons. The summed E-state index contributed by atoms with van der Waals surface area (Å²) in [5.41, 5.74) is 0. The quantitative estimate of drug-likeness (QED) is 0.845. The Morgan fingerprint density at radius 2 is 2.31 bits per heavy atom. The van der Waals surface area contributed by atoms with Crippen LogP contribution in [0.2, 0.25) is 0 Å². The number of carboxylic acids is 1. The standard InChI is InChI=1S/C11H13FN2O2/c1-7(11(15)16)14(9-3-4-9)10-5-2-8(12)6-13-10/h2,5-7,9H,3-4H2,1H3,(H,15,16). The molecular weight excluding hydrogens is 211 g/mol. The monoisotopic (exact) mass is 224 g/mol. The summed E-state index contributed by atoms with van der Waals surface area (Å²) in [6.07, 6.45) is 3.05. The maximum atomic E-state index is 12.7. The molecule has 2 rings (SSSR count). The van der Waals surface area contributed by atoms with Crippen molar-refractivity contribution in [3.63, 3.8) is 0 Å². The maximum absolute atomic E-state index is 12.7. The molecule has 1 saturated carbocycles. The van der Waals surface area contributed by atoms with Gasteiger partial charge in [-0.3, -0.25) is 0 Å². The number of carboxylic acid groups (broad SMARTS) is 1. The van der Waals surface area contributed by atoms with Crippen LogP contribution < -0.4 is 4.90 Å². The molecule has 5 heteroatoms. The molecule has 0 aromatic carbocycles.